The van der Waals surface area contributed by atoms with Crippen molar-refractivity contribution in [1.82, 2.24) is 5.32 Å². The molecule has 0 heterocycles. The van der Waals surface area contributed by atoms with Gasteiger partial charge in [0.25, 0.3) is 5.91 Å². The lowest BCUT2D eigenvalue weighted by atomic mass is 9.83. The van der Waals surface area contributed by atoms with Gasteiger partial charge in [-0.3, -0.25) is 4.79 Å². The molecule has 1 aromatic rings. The van der Waals surface area contributed by atoms with Crippen molar-refractivity contribution in [3.8, 4) is 5.75 Å². The Kier molecular flexibility index (Phi) is 5.01. The molecule has 0 aliphatic heterocycles. The minimum absolute atomic E-state index is 0.000364. The number of hydrogen-bond acceptors (Lipinski definition) is 4. The van der Waals surface area contributed by atoms with Gasteiger partial charge in [-0.15, -0.1) is 0 Å². The van der Waals surface area contributed by atoms with Crippen LogP contribution >= 0.6 is 15.9 Å². The second-order valence-corrected chi connectivity index (χ2v) is 5.65. The van der Waals surface area contributed by atoms with Gasteiger partial charge >= 0.3 is 0 Å². The summed E-state index contributed by atoms with van der Waals surface area (Å²) in [6, 6.07) is 5.08. The van der Waals surface area contributed by atoms with Crippen LogP contribution in [0.2, 0.25) is 0 Å². The van der Waals surface area contributed by atoms with Gasteiger partial charge in [-0.25, -0.2) is 0 Å². The lowest BCUT2D eigenvalue weighted by Crippen LogP contribution is -2.64. The Hall–Kier alpha value is -1.11. The summed E-state index contributed by atoms with van der Waals surface area (Å²) in [6.07, 6.45) is 0.774. The van der Waals surface area contributed by atoms with Gasteiger partial charge < -0.3 is 20.5 Å². The van der Waals surface area contributed by atoms with Crippen LogP contribution in [0.4, 0.5) is 0 Å². The number of carbonyl (C=O) groups is 1. The third-order valence-corrected chi connectivity index (χ3v) is 3.95. The molecule has 1 saturated carbocycles. The van der Waals surface area contributed by atoms with E-state index in [2.05, 4.69) is 21.2 Å². The van der Waals surface area contributed by atoms with Crippen molar-refractivity contribution >= 4 is 21.8 Å². The summed E-state index contributed by atoms with van der Waals surface area (Å²) in [5.74, 6) is 0.330. The fourth-order valence-corrected chi connectivity index (χ4v) is 2.65. The predicted octanol–water partition coefficient (Wildman–Crippen LogP) is 1.69. The minimum Gasteiger partial charge on any atom is -0.496 e. The highest BCUT2D eigenvalue weighted by atomic mass is 79.9. The van der Waals surface area contributed by atoms with Crippen LogP contribution in [0.1, 0.15) is 23.7 Å². The smallest absolute Gasteiger partial charge is 0.255 e. The van der Waals surface area contributed by atoms with Crippen molar-refractivity contribution in [3.05, 3.63) is 28.2 Å². The largest absolute Gasteiger partial charge is 0.496 e. The first-order chi connectivity index (χ1) is 9.56. The molecule has 1 amide bonds. The van der Waals surface area contributed by atoms with Gasteiger partial charge in [0.05, 0.1) is 24.8 Å². The van der Waals surface area contributed by atoms with Crippen molar-refractivity contribution < 1.29 is 14.3 Å². The van der Waals surface area contributed by atoms with Crippen LogP contribution in [-0.2, 0) is 4.74 Å². The molecule has 3 unspecified atom stereocenters. The van der Waals surface area contributed by atoms with Gasteiger partial charge in [0.15, 0.2) is 0 Å². The topological polar surface area (TPSA) is 73.6 Å². The molecule has 1 fully saturated rings. The number of rotatable bonds is 5. The monoisotopic (exact) mass is 342 g/mol. The Morgan fingerprint density at radius 3 is 2.90 bits per heavy atom. The lowest BCUT2D eigenvalue weighted by Gasteiger charge is -2.42. The molecule has 2 rings (SSSR count). The molecule has 5 nitrogen and oxygen atoms in total. The summed E-state index contributed by atoms with van der Waals surface area (Å²) < 4.78 is 11.6. The van der Waals surface area contributed by atoms with Crippen molar-refractivity contribution in [2.75, 3.05) is 13.7 Å². The van der Waals surface area contributed by atoms with Gasteiger partial charge in [0.2, 0.25) is 0 Å². The number of carbonyl (C=O) groups excluding carboxylic acids is 1. The molecule has 0 radical (unpaired) electrons. The Morgan fingerprint density at radius 1 is 1.55 bits per heavy atom. The number of methoxy groups -OCH3 is 1. The van der Waals surface area contributed by atoms with E-state index in [-0.39, 0.29) is 24.1 Å². The molecular weight excluding hydrogens is 324 g/mol. The molecule has 3 N–H and O–H groups in total. The molecule has 20 heavy (non-hydrogen) atoms. The van der Waals surface area contributed by atoms with Gasteiger partial charge in [0, 0.05) is 17.1 Å². The highest BCUT2D eigenvalue weighted by Gasteiger charge is 2.40. The van der Waals surface area contributed by atoms with Crippen LogP contribution in [0.15, 0.2) is 22.7 Å². The normalized spacial score (nSPS) is 24.9. The van der Waals surface area contributed by atoms with E-state index in [1.54, 1.807) is 18.2 Å². The number of amides is 1. The molecule has 0 aromatic heterocycles. The fraction of sp³-hybridized carbons (Fsp3) is 0.500. The molecule has 0 saturated heterocycles. The molecule has 110 valence electrons. The summed E-state index contributed by atoms with van der Waals surface area (Å²) in [5, 5.41) is 2.93. The van der Waals surface area contributed by atoms with Gasteiger partial charge in [-0.05, 0) is 31.5 Å². The third kappa shape index (κ3) is 3.13. The Labute approximate surface area is 126 Å². The summed E-state index contributed by atoms with van der Waals surface area (Å²) in [7, 11) is 1.54. The van der Waals surface area contributed by atoms with E-state index in [1.165, 1.54) is 7.11 Å². The third-order valence-electron chi connectivity index (χ3n) is 3.45. The number of ether oxygens (including phenoxy) is 2. The lowest BCUT2D eigenvalue weighted by molar-refractivity contribution is -0.0300. The highest BCUT2D eigenvalue weighted by molar-refractivity contribution is 9.10. The molecule has 1 aliphatic rings. The molecule has 1 aliphatic carbocycles. The number of benzene rings is 1. The Balaban J connectivity index is 2.08. The molecule has 0 spiro atoms. The first-order valence-corrected chi connectivity index (χ1v) is 7.37. The highest BCUT2D eigenvalue weighted by Crippen LogP contribution is 2.26. The van der Waals surface area contributed by atoms with E-state index in [9.17, 15) is 4.79 Å². The Morgan fingerprint density at radius 2 is 2.30 bits per heavy atom. The van der Waals surface area contributed by atoms with Gasteiger partial charge in [-0.2, -0.15) is 0 Å². The van der Waals surface area contributed by atoms with Crippen molar-refractivity contribution in [1.29, 1.82) is 0 Å². The first kappa shape index (κ1) is 15.3. The summed E-state index contributed by atoms with van der Waals surface area (Å²) in [6.45, 7) is 2.55. The first-order valence-electron chi connectivity index (χ1n) is 6.58. The van der Waals surface area contributed by atoms with Crippen LogP contribution < -0.4 is 15.8 Å². The number of hydrogen-bond donors (Lipinski definition) is 2. The van der Waals surface area contributed by atoms with Gasteiger partial charge in [-0.1, -0.05) is 15.9 Å². The van der Waals surface area contributed by atoms with Gasteiger partial charge in [0.1, 0.15) is 5.75 Å². The SMILES string of the molecule is CCOC1CC(N)C1NC(=O)c1ccc(Br)cc1OC. The fourth-order valence-electron chi connectivity index (χ4n) is 2.31. The standard InChI is InChI=1S/C14H19BrN2O3/c1-3-20-12-7-10(16)13(12)17-14(18)9-5-4-8(15)6-11(9)19-2/h4-6,10,12-13H,3,7,16H2,1-2H3,(H,17,18). The van der Waals surface area contributed by atoms with E-state index in [0.29, 0.717) is 17.9 Å². The quantitative estimate of drug-likeness (QED) is 0.853. The van der Waals surface area contributed by atoms with Crippen LogP contribution in [0.3, 0.4) is 0 Å². The van der Waals surface area contributed by atoms with E-state index in [4.69, 9.17) is 15.2 Å². The van der Waals surface area contributed by atoms with E-state index in [1.807, 2.05) is 6.92 Å². The van der Waals surface area contributed by atoms with Crippen LogP contribution in [-0.4, -0.2) is 37.8 Å². The number of halogens is 1. The molecule has 3 atom stereocenters. The van der Waals surface area contributed by atoms with E-state index in [0.717, 1.165) is 10.9 Å². The summed E-state index contributed by atoms with van der Waals surface area (Å²) in [5.41, 5.74) is 6.42. The van der Waals surface area contributed by atoms with Crippen LogP contribution in [0.25, 0.3) is 0 Å². The maximum Gasteiger partial charge on any atom is 0.255 e. The second-order valence-electron chi connectivity index (χ2n) is 4.74. The van der Waals surface area contributed by atoms with E-state index < -0.39 is 0 Å². The maximum atomic E-state index is 12.3. The van der Waals surface area contributed by atoms with Crippen molar-refractivity contribution in [2.45, 2.75) is 31.5 Å². The summed E-state index contributed by atoms with van der Waals surface area (Å²) >= 11 is 3.35. The average molecular weight is 343 g/mol. The zero-order valence-corrected chi connectivity index (χ0v) is 13.1. The maximum absolute atomic E-state index is 12.3. The molecule has 1 aromatic carbocycles. The number of nitrogens with two attached hydrogens (primary N) is 1. The van der Waals surface area contributed by atoms with Crippen LogP contribution in [0.5, 0.6) is 5.75 Å². The number of nitrogens with one attached hydrogen (secondary N) is 1. The van der Waals surface area contributed by atoms with Crippen molar-refractivity contribution in [2.24, 2.45) is 5.73 Å². The van der Waals surface area contributed by atoms with E-state index >= 15 is 0 Å². The Bertz CT molecular complexity index is 493. The zero-order chi connectivity index (χ0) is 14.7. The molecule has 6 heteroatoms. The molecular formula is C14H19BrN2O3. The van der Waals surface area contributed by atoms with Crippen molar-refractivity contribution in [3.63, 3.8) is 0 Å². The molecule has 0 bridgehead atoms. The predicted molar refractivity (Wildman–Crippen MR) is 80.0 cm³/mol. The second kappa shape index (κ2) is 6.56. The summed E-state index contributed by atoms with van der Waals surface area (Å²) in [4.78, 5) is 12.3. The zero-order valence-electron chi connectivity index (χ0n) is 11.6. The minimum atomic E-state index is -0.195. The average Bonchev–Trinajstić information content (AvgIpc) is 2.44. The van der Waals surface area contributed by atoms with Crippen LogP contribution in [0, 0.1) is 0 Å².